The number of hydrogen-bond acceptors (Lipinski definition) is 2. The summed E-state index contributed by atoms with van der Waals surface area (Å²) in [7, 11) is 0. The van der Waals surface area contributed by atoms with Gasteiger partial charge in [-0.3, -0.25) is 4.98 Å². The summed E-state index contributed by atoms with van der Waals surface area (Å²) in [5.41, 5.74) is 0.346. The molecule has 0 bridgehead atoms. The molecule has 0 saturated carbocycles. The van der Waals surface area contributed by atoms with E-state index in [1.54, 1.807) is 18.3 Å². The van der Waals surface area contributed by atoms with Gasteiger partial charge in [-0.15, -0.1) is 0 Å². The van der Waals surface area contributed by atoms with Crippen LogP contribution in [-0.4, -0.2) is 10.1 Å². The monoisotopic (exact) mass is 275 g/mol. The lowest BCUT2D eigenvalue weighted by molar-refractivity contribution is 0.0531. The van der Waals surface area contributed by atoms with Crippen molar-refractivity contribution in [1.29, 1.82) is 0 Å². The Bertz CT molecular complexity index is 541. The maximum atomic E-state index is 11.1. The molecule has 3 heteroatoms. The van der Waals surface area contributed by atoms with Gasteiger partial charge in [0.15, 0.2) is 0 Å². The Kier molecular flexibility index (Phi) is 4.23. The molecule has 0 aliphatic heterocycles. The number of benzene rings is 1. The summed E-state index contributed by atoms with van der Waals surface area (Å²) in [4.78, 5) is 4.32. The summed E-state index contributed by atoms with van der Waals surface area (Å²) >= 11 is 6.04. The van der Waals surface area contributed by atoms with Crippen molar-refractivity contribution in [2.45, 2.75) is 25.9 Å². The molecular weight excluding hydrogens is 258 g/mol. The molecule has 0 saturated heterocycles. The molecular formula is C16H18ClNO. The number of aliphatic hydroxyl groups is 1. The van der Waals surface area contributed by atoms with Crippen molar-refractivity contribution in [1.82, 2.24) is 4.98 Å². The van der Waals surface area contributed by atoms with Gasteiger partial charge in [0, 0.05) is 11.2 Å². The standard InChI is InChI=1S/C16H18ClNO/c1-12(2)11-16(19,15-8-3-4-9-18-15)13-6-5-7-14(17)10-13/h3-10,12,19H,11H2,1-2H3/t16-/m0/s1. The van der Waals surface area contributed by atoms with Crippen molar-refractivity contribution < 1.29 is 5.11 Å². The molecule has 1 aromatic carbocycles. The van der Waals surface area contributed by atoms with Crippen molar-refractivity contribution in [3.8, 4) is 0 Å². The quantitative estimate of drug-likeness (QED) is 0.914. The molecule has 0 radical (unpaired) electrons. The van der Waals surface area contributed by atoms with Gasteiger partial charge < -0.3 is 5.11 Å². The average Bonchev–Trinajstić information content (AvgIpc) is 2.39. The zero-order chi connectivity index (χ0) is 13.9. The average molecular weight is 276 g/mol. The van der Waals surface area contributed by atoms with Gasteiger partial charge in [-0.1, -0.05) is 43.6 Å². The van der Waals surface area contributed by atoms with Gasteiger partial charge in [-0.2, -0.15) is 0 Å². The minimum atomic E-state index is -1.10. The first-order valence-corrected chi connectivity index (χ1v) is 6.80. The molecule has 100 valence electrons. The first-order chi connectivity index (χ1) is 9.02. The molecule has 0 spiro atoms. The van der Waals surface area contributed by atoms with Gasteiger partial charge in [-0.25, -0.2) is 0 Å². The van der Waals surface area contributed by atoms with Crippen LogP contribution < -0.4 is 0 Å². The topological polar surface area (TPSA) is 33.1 Å². The van der Waals surface area contributed by atoms with Crippen molar-refractivity contribution in [3.05, 3.63) is 64.9 Å². The van der Waals surface area contributed by atoms with Crippen LogP contribution in [0.3, 0.4) is 0 Å². The number of hydrogen-bond donors (Lipinski definition) is 1. The van der Waals surface area contributed by atoms with Crippen LogP contribution in [0, 0.1) is 5.92 Å². The van der Waals surface area contributed by atoms with Crippen molar-refractivity contribution >= 4 is 11.6 Å². The molecule has 0 aliphatic rings. The highest BCUT2D eigenvalue weighted by Crippen LogP contribution is 2.35. The molecule has 2 rings (SSSR count). The largest absolute Gasteiger partial charge is 0.379 e. The fraction of sp³-hybridized carbons (Fsp3) is 0.312. The summed E-state index contributed by atoms with van der Waals surface area (Å²) < 4.78 is 0. The summed E-state index contributed by atoms with van der Waals surface area (Å²) in [5, 5.41) is 11.7. The molecule has 0 aliphatic carbocycles. The Balaban J connectivity index is 2.52. The highest BCUT2D eigenvalue weighted by Gasteiger charge is 2.33. The fourth-order valence-electron chi connectivity index (χ4n) is 2.31. The van der Waals surface area contributed by atoms with Crippen LogP contribution in [0.2, 0.25) is 5.02 Å². The maximum Gasteiger partial charge on any atom is 0.132 e. The molecule has 1 N–H and O–H groups in total. The van der Waals surface area contributed by atoms with Crippen LogP contribution in [0.1, 0.15) is 31.5 Å². The third kappa shape index (κ3) is 3.14. The Morgan fingerprint density at radius 1 is 1.21 bits per heavy atom. The second-order valence-corrected chi connectivity index (χ2v) is 5.62. The predicted molar refractivity (Wildman–Crippen MR) is 78.1 cm³/mol. The lowest BCUT2D eigenvalue weighted by Crippen LogP contribution is -2.30. The van der Waals surface area contributed by atoms with Gasteiger partial charge in [-0.05, 0) is 42.2 Å². The molecule has 0 amide bonds. The lowest BCUT2D eigenvalue weighted by atomic mass is 9.83. The first kappa shape index (κ1) is 14.0. The number of pyridine rings is 1. The number of nitrogens with zero attached hydrogens (tertiary/aromatic N) is 1. The van der Waals surface area contributed by atoms with Crippen LogP contribution in [0.15, 0.2) is 48.7 Å². The summed E-state index contributed by atoms with van der Waals surface area (Å²) in [6.45, 7) is 4.16. The minimum Gasteiger partial charge on any atom is -0.379 e. The summed E-state index contributed by atoms with van der Waals surface area (Å²) in [5.74, 6) is 0.339. The van der Waals surface area contributed by atoms with E-state index in [1.165, 1.54) is 0 Å². The van der Waals surface area contributed by atoms with E-state index < -0.39 is 5.60 Å². The van der Waals surface area contributed by atoms with Crippen molar-refractivity contribution in [3.63, 3.8) is 0 Å². The Morgan fingerprint density at radius 3 is 2.58 bits per heavy atom. The van der Waals surface area contributed by atoms with Crippen LogP contribution in [0.4, 0.5) is 0 Å². The molecule has 1 aromatic heterocycles. The van der Waals surface area contributed by atoms with E-state index in [-0.39, 0.29) is 0 Å². The number of rotatable bonds is 4. The van der Waals surface area contributed by atoms with E-state index >= 15 is 0 Å². The molecule has 1 atom stereocenters. The van der Waals surface area contributed by atoms with Crippen LogP contribution >= 0.6 is 11.6 Å². The van der Waals surface area contributed by atoms with Gasteiger partial charge >= 0.3 is 0 Å². The Hall–Kier alpha value is -1.38. The lowest BCUT2D eigenvalue weighted by Gasteiger charge is -2.30. The Morgan fingerprint density at radius 2 is 2.00 bits per heavy atom. The summed E-state index contributed by atoms with van der Waals surface area (Å²) in [6.07, 6.45) is 2.30. The highest BCUT2D eigenvalue weighted by atomic mass is 35.5. The van der Waals surface area contributed by atoms with E-state index in [4.69, 9.17) is 11.6 Å². The van der Waals surface area contributed by atoms with Crippen LogP contribution in [0.25, 0.3) is 0 Å². The number of halogens is 1. The minimum absolute atomic E-state index is 0.339. The van der Waals surface area contributed by atoms with Crippen molar-refractivity contribution in [2.24, 2.45) is 5.92 Å². The molecule has 0 fully saturated rings. The maximum absolute atomic E-state index is 11.1. The van der Waals surface area contributed by atoms with E-state index in [2.05, 4.69) is 18.8 Å². The van der Waals surface area contributed by atoms with E-state index in [0.29, 0.717) is 23.1 Å². The van der Waals surface area contributed by atoms with Gasteiger partial charge in [0.1, 0.15) is 5.60 Å². The SMILES string of the molecule is CC(C)C[C@](O)(c1cccc(Cl)c1)c1ccccn1. The van der Waals surface area contributed by atoms with Crippen LogP contribution in [-0.2, 0) is 5.60 Å². The van der Waals surface area contributed by atoms with Crippen LogP contribution in [0.5, 0.6) is 0 Å². The van der Waals surface area contributed by atoms with Gasteiger partial charge in [0.25, 0.3) is 0 Å². The second-order valence-electron chi connectivity index (χ2n) is 5.18. The smallest absolute Gasteiger partial charge is 0.132 e. The molecule has 0 unspecified atom stereocenters. The predicted octanol–water partition coefficient (Wildman–Crippen LogP) is 4.02. The van der Waals surface area contributed by atoms with E-state index in [1.807, 2.05) is 30.3 Å². The van der Waals surface area contributed by atoms with Gasteiger partial charge in [0.05, 0.1) is 5.69 Å². The third-order valence-corrected chi connectivity index (χ3v) is 3.33. The zero-order valence-electron chi connectivity index (χ0n) is 11.2. The van der Waals surface area contributed by atoms with E-state index in [0.717, 1.165) is 5.56 Å². The molecule has 2 aromatic rings. The van der Waals surface area contributed by atoms with Crippen molar-refractivity contribution in [2.75, 3.05) is 0 Å². The van der Waals surface area contributed by atoms with E-state index in [9.17, 15) is 5.11 Å². The normalized spacial score (nSPS) is 14.4. The third-order valence-electron chi connectivity index (χ3n) is 3.09. The molecule has 1 heterocycles. The Labute approximate surface area is 119 Å². The summed E-state index contributed by atoms with van der Waals surface area (Å²) in [6, 6.07) is 12.9. The molecule has 19 heavy (non-hydrogen) atoms. The fourth-order valence-corrected chi connectivity index (χ4v) is 2.50. The zero-order valence-corrected chi connectivity index (χ0v) is 11.9. The van der Waals surface area contributed by atoms with Gasteiger partial charge in [0.2, 0.25) is 0 Å². The second kappa shape index (κ2) is 5.72. The highest BCUT2D eigenvalue weighted by molar-refractivity contribution is 6.30. The number of aromatic nitrogens is 1. The molecule has 2 nitrogen and oxygen atoms in total. The first-order valence-electron chi connectivity index (χ1n) is 6.42.